The van der Waals surface area contributed by atoms with Gasteiger partial charge in [0.15, 0.2) is 0 Å². The molecule has 9 heteroatoms. The molecule has 3 aromatic carbocycles. The Hall–Kier alpha value is -3.75. The fourth-order valence-electron chi connectivity index (χ4n) is 4.95. The van der Waals surface area contributed by atoms with Crippen LogP contribution in [0.25, 0.3) is 10.9 Å². The van der Waals surface area contributed by atoms with Gasteiger partial charge in [-0.05, 0) is 85.9 Å². The average molecular weight is 561 g/mol. The highest BCUT2D eigenvalue weighted by Crippen LogP contribution is 2.27. The molecular weight excluding hydrogens is 527 g/mol. The van der Waals surface area contributed by atoms with E-state index in [9.17, 15) is 9.18 Å². The molecule has 1 aromatic heterocycles. The highest BCUT2D eigenvalue weighted by molar-refractivity contribution is 6.30. The second-order valence-corrected chi connectivity index (χ2v) is 10.9. The standard InChI is InChI=1S/C31H34ClFN6O/c1-20-4-10-25-28(16-20)36-31(38(2)3)37-29(25)35-18-21-5-8-24(9-6-21)39(30(40)23-12-14-34-15-13-23)19-22-7-11-26(32)27(33)17-22/h4-11,16-17,23,34H,12-15,18-19H2,1-3H3,(H,35,36,37). The molecule has 0 atom stereocenters. The van der Waals surface area contributed by atoms with Crippen molar-refractivity contribution in [1.82, 2.24) is 15.3 Å². The zero-order valence-electron chi connectivity index (χ0n) is 23.0. The van der Waals surface area contributed by atoms with Gasteiger partial charge < -0.3 is 20.4 Å². The Morgan fingerprint density at radius 3 is 2.45 bits per heavy atom. The number of anilines is 3. The number of nitrogens with one attached hydrogen (secondary N) is 2. The molecular formula is C31H34ClFN6O. The molecule has 5 rings (SSSR count). The van der Waals surface area contributed by atoms with Crippen molar-refractivity contribution in [2.75, 3.05) is 42.3 Å². The lowest BCUT2D eigenvalue weighted by Gasteiger charge is -2.30. The third kappa shape index (κ3) is 6.35. The third-order valence-corrected chi connectivity index (χ3v) is 7.53. The summed E-state index contributed by atoms with van der Waals surface area (Å²) >= 11 is 5.89. The summed E-state index contributed by atoms with van der Waals surface area (Å²) in [6.45, 7) is 4.51. The number of hydrogen-bond acceptors (Lipinski definition) is 6. The summed E-state index contributed by atoms with van der Waals surface area (Å²) in [4.78, 5) is 26.7. The van der Waals surface area contributed by atoms with Crippen molar-refractivity contribution < 1.29 is 9.18 Å². The number of benzene rings is 3. The van der Waals surface area contributed by atoms with Crippen molar-refractivity contribution in [3.05, 3.63) is 88.2 Å². The van der Waals surface area contributed by atoms with Crippen molar-refractivity contribution in [2.45, 2.75) is 32.9 Å². The Labute approximate surface area is 239 Å². The molecule has 2 heterocycles. The van der Waals surface area contributed by atoms with E-state index in [4.69, 9.17) is 16.6 Å². The minimum Gasteiger partial charge on any atom is -0.365 e. The highest BCUT2D eigenvalue weighted by atomic mass is 35.5. The molecule has 0 saturated carbocycles. The first-order valence-corrected chi connectivity index (χ1v) is 13.9. The van der Waals surface area contributed by atoms with Crippen LogP contribution in [0.1, 0.15) is 29.5 Å². The molecule has 1 aliphatic rings. The fraction of sp³-hybridized carbons (Fsp3) is 0.323. The molecule has 208 valence electrons. The van der Waals surface area contributed by atoms with Gasteiger partial charge in [0.05, 0.1) is 17.1 Å². The normalized spacial score (nSPS) is 13.8. The smallest absolute Gasteiger partial charge is 0.230 e. The van der Waals surface area contributed by atoms with Crippen LogP contribution in [0, 0.1) is 18.7 Å². The maximum absolute atomic E-state index is 14.2. The molecule has 0 bridgehead atoms. The Bertz CT molecular complexity index is 1500. The molecule has 4 aromatic rings. The van der Waals surface area contributed by atoms with Gasteiger partial charge in [0.2, 0.25) is 11.9 Å². The number of carbonyl (C=O) groups is 1. The monoisotopic (exact) mass is 560 g/mol. The minimum absolute atomic E-state index is 0.0571. The summed E-state index contributed by atoms with van der Waals surface area (Å²) in [5, 5.41) is 7.82. The van der Waals surface area contributed by atoms with E-state index in [0.29, 0.717) is 18.1 Å². The van der Waals surface area contributed by atoms with Gasteiger partial charge in [-0.2, -0.15) is 4.98 Å². The number of rotatable bonds is 8. The van der Waals surface area contributed by atoms with Gasteiger partial charge in [-0.3, -0.25) is 4.79 Å². The zero-order valence-corrected chi connectivity index (χ0v) is 23.8. The summed E-state index contributed by atoms with van der Waals surface area (Å²) in [7, 11) is 3.85. The van der Waals surface area contributed by atoms with Crippen molar-refractivity contribution in [1.29, 1.82) is 0 Å². The van der Waals surface area contributed by atoms with Crippen LogP contribution in [0.2, 0.25) is 5.02 Å². The van der Waals surface area contributed by atoms with E-state index in [1.54, 1.807) is 11.0 Å². The summed E-state index contributed by atoms with van der Waals surface area (Å²) in [6, 6.07) is 18.8. The molecule has 0 spiro atoms. The number of hydrogen-bond donors (Lipinski definition) is 2. The Kier molecular flexibility index (Phi) is 8.47. The molecule has 0 unspecified atom stereocenters. The van der Waals surface area contributed by atoms with E-state index in [0.717, 1.165) is 59.5 Å². The Morgan fingerprint density at radius 1 is 1.02 bits per heavy atom. The third-order valence-electron chi connectivity index (χ3n) is 7.23. The van der Waals surface area contributed by atoms with Crippen LogP contribution in [0.5, 0.6) is 0 Å². The van der Waals surface area contributed by atoms with Crippen LogP contribution in [0.4, 0.5) is 21.8 Å². The molecule has 0 radical (unpaired) electrons. The van der Waals surface area contributed by atoms with Crippen LogP contribution in [0.3, 0.4) is 0 Å². The largest absolute Gasteiger partial charge is 0.365 e. The fourth-order valence-corrected chi connectivity index (χ4v) is 5.07. The van der Waals surface area contributed by atoms with Crippen LogP contribution in [0.15, 0.2) is 60.7 Å². The molecule has 1 saturated heterocycles. The van der Waals surface area contributed by atoms with Gasteiger partial charge in [0, 0.05) is 37.6 Å². The predicted octanol–water partition coefficient (Wildman–Crippen LogP) is 5.94. The number of amides is 1. The van der Waals surface area contributed by atoms with Crippen molar-refractivity contribution in [2.24, 2.45) is 5.92 Å². The van der Waals surface area contributed by atoms with Crippen LogP contribution < -0.4 is 20.4 Å². The lowest BCUT2D eigenvalue weighted by molar-refractivity contribution is -0.123. The van der Waals surface area contributed by atoms with Crippen LogP contribution >= 0.6 is 11.6 Å². The number of piperidine rings is 1. The number of fused-ring (bicyclic) bond motifs is 1. The minimum atomic E-state index is -0.486. The molecule has 2 N–H and O–H groups in total. The zero-order chi connectivity index (χ0) is 28.2. The van der Waals surface area contributed by atoms with Gasteiger partial charge >= 0.3 is 0 Å². The van der Waals surface area contributed by atoms with E-state index in [1.807, 2.05) is 56.3 Å². The van der Waals surface area contributed by atoms with E-state index in [2.05, 4.69) is 27.8 Å². The maximum Gasteiger partial charge on any atom is 0.230 e. The Balaban J connectivity index is 1.37. The van der Waals surface area contributed by atoms with E-state index in [-0.39, 0.29) is 23.4 Å². The summed E-state index contributed by atoms with van der Waals surface area (Å²) in [5.74, 6) is 0.911. The first kappa shape index (κ1) is 27.8. The summed E-state index contributed by atoms with van der Waals surface area (Å²) < 4.78 is 14.2. The van der Waals surface area contributed by atoms with E-state index in [1.165, 1.54) is 12.1 Å². The summed E-state index contributed by atoms with van der Waals surface area (Å²) in [6.07, 6.45) is 1.57. The molecule has 1 aliphatic heterocycles. The highest BCUT2D eigenvalue weighted by Gasteiger charge is 2.27. The second-order valence-electron chi connectivity index (χ2n) is 10.5. The Morgan fingerprint density at radius 2 is 1.75 bits per heavy atom. The average Bonchev–Trinajstić information content (AvgIpc) is 2.96. The van der Waals surface area contributed by atoms with Gasteiger partial charge in [0.1, 0.15) is 11.6 Å². The van der Waals surface area contributed by atoms with E-state index >= 15 is 0 Å². The number of halogens is 2. The lowest BCUT2D eigenvalue weighted by Crippen LogP contribution is -2.41. The van der Waals surface area contributed by atoms with Crippen molar-refractivity contribution in [3.63, 3.8) is 0 Å². The van der Waals surface area contributed by atoms with Crippen LogP contribution in [-0.2, 0) is 17.9 Å². The summed E-state index contributed by atoms with van der Waals surface area (Å²) in [5.41, 5.74) is 4.54. The van der Waals surface area contributed by atoms with Crippen LogP contribution in [-0.4, -0.2) is 43.1 Å². The first-order valence-electron chi connectivity index (χ1n) is 13.5. The number of nitrogens with zero attached hydrogens (tertiary/aromatic N) is 4. The van der Waals surface area contributed by atoms with Gasteiger partial charge in [0.25, 0.3) is 0 Å². The molecule has 1 amide bonds. The predicted molar refractivity (Wildman–Crippen MR) is 161 cm³/mol. The van der Waals surface area contributed by atoms with Crippen molar-refractivity contribution >= 4 is 45.9 Å². The maximum atomic E-state index is 14.2. The number of carbonyl (C=O) groups excluding carboxylic acids is 1. The molecule has 40 heavy (non-hydrogen) atoms. The topological polar surface area (TPSA) is 73.4 Å². The van der Waals surface area contributed by atoms with Gasteiger partial charge in [-0.25, -0.2) is 9.37 Å². The molecule has 7 nitrogen and oxygen atoms in total. The van der Waals surface area contributed by atoms with Gasteiger partial charge in [-0.1, -0.05) is 35.9 Å². The number of aromatic nitrogens is 2. The van der Waals surface area contributed by atoms with E-state index < -0.39 is 5.82 Å². The second kappa shape index (κ2) is 12.2. The quantitative estimate of drug-likeness (QED) is 0.278. The lowest BCUT2D eigenvalue weighted by atomic mass is 9.96. The SMILES string of the molecule is Cc1ccc2c(NCc3ccc(N(Cc4ccc(Cl)c(F)c4)C(=O)C4CCNCC4)cc3)nc(N(C)C)nc2c1. The molecule has 1 fully saturated rings. The number of aryl methyl sites for hydroxylation is 1. The molecule has 0 aliphatic carbocycles. The first-order chi connectivity index (χ1) is 19.3. The van der Waals surface area contributed by atoms with Gasteiger partial charge in [-0.15, -0.1) is 0 Å². The van der Waals surface area contributed by atoms with Crippen molar-refractivity contribution in [3.8, 4) is 0 Å².